The largest absolute Gasteiger partial charge is 0.465 e. The fraction of sp³-hybridized carbons (Fsp3) is 0.900. The first-order chi connectivity index (χ1) is 7.09. The predicted molar refractivity (Wildman–Crippen MR) is 55.0 cm³/mol. The van der Waals surface area contributed by atoms with Crippen molar-refractivity contribution in [1.82, 2.24) is 9.80 Å². The molecule has 5 nitrogen and oxygen atoms in total. The second-order valence-electron chi connectivity index (χ2n) is 4.52. The van der Waals surface area contributed by atoms with E-state index in [0.29, 0.717) is 31.2 Å². The van der Waals surface area contributed by atoms with E-state index in [9.17, 15) is 4.79 Å². The molecule has 2 aliphatic heterocycles. The summed E-state index contributed by atoms with van der Waals surface area (Å²) in [5.41, 5.74) is 0. The smallest absolute Gasteiger partial charge is 0.407 e. The average molecular weight is 214 g/mol. The molecule has 0 spiro atoms. The minimum atomic E-state index is -0.807. The third-order valence-corrected chi connectivity index (χ3v) is 3.30. The molecule has 0 aromatic rings. The van der Waals surface area contributed by atoms with Crippen LogP contribution in [0.2, 0.25) is 0 Å². The molecule has 0 saturated carbocycles. The van der Waals surface area contributed by atoms with Crippen molar-refractivity contribution in [2.75, 3.05) is 26.3 Å². The summed E-state index contributed by atoms with van der Waals surface area (Å²) in [7, 11) is 0. The standard InChI is InChI=1S/C10H18N2O3/c1-7-3-11(10(13)14)4-8(2)12(7)9-5-15-6-9/h7-9H,3-6H2,1-2H3,(H,13,14). The number of carbonyl (C=O) groups is 1. The van der Waals surface area contributed by atoms with Gasteiger partial charge < -0.3 is 14.7 Å². The zero-order valence-corrected chi connectivity index (χ0v) is 9.22. The molecule has 2 heterocycles. The average Bonchev–Trinajstić information content (AvgIpc) is 2.07. The molecular weight excluding hydrogens is 196 g/mol. The molecule has 0 aromatic carbocycles. The third kappa shape index (κ3) is 1.94. The summed E-state index contributed by atoms with van der Waals surface area (Å²) in [5, 5.41) is 8.95. The molecule has 0 bridgehead atoms. The van der Waals surface area contributed by atoms with Crippen LogP contribution in [0.1, 0.15) is 13.8 Å². The van der Waals surface area contributed by atoms with E-state index in [1.807, 2.05) is 0 Å². The van der Waals surface area contributed by atoms with Gasteiger partial charge in [-0.3, -0.25) is 4.90 Å². The summed E-state index contributed by atoms with van der Waals surface area (Å²) in [6.07, 6.45) is -0.807. The second kappa shape index (κ2) is 3.98. The van der Waals surface area contributed by atoms with Crippen molar-refractivity contribution in [2.45, 2.75) is 32.0 Å². The molecule has 2 rings (SSSR count). The number of ether oxygens (including phenoxy) is 1. The molecule has 2 aliphatic rings. The van der Waals surface area contributed by atoms with Gasteiger partial charge in [0, 0.05) is 25.2 Å². The lowest BCUT2D eigenvalue weighted by molar-refractivity contribution is -0.108. The quantitative estimate of drug-likeness (QED) is 0.689. The maximum atomic E-state index is 10.9. The van der Waals surface area contributed by atoms with E-state index in [1.165, 1.54) is 4.90 Å². The number of piperazine rings is 1. The van der Waals surface area contributed by atoms with Gasteiger partial charge in [0.2, 0.25) is 0 Å². The lowest BCUT2D eigenvalue weighted by Crippen LogP contribution is -2.64. The minimum absolute atomic E-state index is 0.291. The van der Waals surface area contributed by atoms with Crippen molar-refractivity contribution in [3.05, 3.63) is 0 Å². The van der Waals surface area contributed by atoms with Crippen molar-refractivity contribution in [3.63, 3.8) is 0 Å². The molecule has 2 fully saturated rings. The van der Waals surface area contributed by atoms with Gasteiger partial charge in [0.15, 0.2) is 0 Å². The van der Waals surface area contributed by atoms with Gasteiger partial charge in [-0.2, -0.15) is 0 Å². The number of hydrogen-bond acceptors (Lipinski definition) is 3. The van der Waals surface area contributed by atoms with Gasteiger partial charge in [-0.05, 0) is 13.8 Å². The van der Waals surface area contributed by atoms with Gasteiger partial charge in [0.25, 0.3) is 0 Å². The highest BCUT2D eigenvalue weighted by Crippen LogP contribution is 2.22. The summed E-state index contributed by atoms with van der Waals surface area (Å²) < 4.78 is 5.19. The van der Waals surface area contributed by atoms with Crippen LogP contribution < -0.4 is 0 Å². The summed E-state index contributed by atoms with van der Waals surface area (Å²) in [5.74, 6) is 0. The molecule has 0 radical (unpaired) electrons. The van der Waals surface area contributed by atoms with Crippen LogP contribution in [0.3, 0.4) is 0 Å². The van der Waals surface area contributed by atoms with Crippen molar-refractivity contribution >= 4 is 6.09 Å². The Morgan fingerprint density at radius 1 is 1.27 bits per heavy atom. The number of nitrogens with zero attached hydrogens (tertiary/aromatic N) is 2. The maximum absolute atomic E-state index is 10.9. The van der Waals surface area contributed by atoms with Crippen LogP contribution >= 0.6 is 0 Å². The van der Waals surface area contributed by atoms with Crippen LogP contribution in [0, 0.1) is 0 Å². The topological polar surface area (TPSA) is 53.0 Å². The van der Waals surface area contributed by atoms with E-state index in [4.69, 9.17) is 9.84 Å². The third-order valence-electron chi connectivity index (χ3n) is 3.30. The van der Waals surface area contributed by atoms with E-state index in [-0.39, 0.29) is 0 Å². The van der Waals surface area contributed by atoms with Crippen molar-refractivity contribution in [3.8, 4) is 0 Å². The highest BCUT2D eigenvalue weighted by Gasteiger charge is 2.38. The number of carboxylic acid groups (broad SMARTS) is 1. The Labute approximate surface area is 89.6 Å². The van der Waals surface area contributed by atoms with Crippen LogP contribution in [0.4, 0.5) is 4.79 Å². The van der Waals surface area contributed by atoms with E-state index in [2.05, 4.69) is 18.7 Å². The number of hydrogen-bond donors (Lipinski definition) is 1. The zero-order valence-electron chi connectivity index (χ0n) is 9.22. The zero-order chi connectivity index (χ0) is 11.0. The molecule has 0 aromatic heterocycles. The van der Waals surface area contributed by atoms with E-state index in [1.54, 1.807) is 0 Å². The van der Waals surface area contributed by atoms with Crippen molar-refractivity contribution in [1.29, 1.82) is 0 Å². The first-order valence-electron chi connectivity index (χ1n) is 5.42. The van der Waals surface area contributed by atoms with Gasteiger partial charge in [0.05, 0.1) is 19.3 Å². The monoisotopic (exact) mass is 214 g/mol. The second-order valence-corrected chi connectivity index (χ2v) is 4.52. The van der Waals surface area contributed by atoms with Crippen LogP contribution in [-0.4, -0.2) is 65.4 Å². The van der Waals surface area contributed by atoms with Crippen LogP contribution in [0.15, 0.2) is 0 Å². The fourth-order valence-corrected chi connectivity index (χ4v) is 2.61. The lowest BCUT2D eigenvalue weighted by Gasteiger charge is -2.49. The Morgan fingerprint density at radius 3 is 2.13 bits per heavy atom. The fourth-order valence-electron chi connectivity index (χ4n) is 2.61. The molecule has 1 N–H and O–H groups in total. The van der Waals surface area contributed by atoms with Gasteiger partial charge in [-0.15, -0.1) is 0 Å². The Balaban J connectivity index is 2.00. The first kappa shape index (κ1) is 10.7. The summed E-state index contributed by atoms with van der Waals surface area (Å²) in [6, 6.07) is 1.07. The molecule has 86 valence electrons. The Morgan fingerprint density at radius 2 is 1.80 bits per heavy atom. The molecule has 15 heavy (non-hydrogen) atoms. The van der Waals surface area contributed by atoms with Gasteiger partial charge in [-0.1, -0.05) is 0 Å². The first-order valence-corrected chi connectivity index (χ1v) is 5.42. The van der Waals surface area contributed by atoms with Gasteiger partial charge in [-0.25, -0.2) is 4.79 Å². The van der Waals surface area contributed by atoms with Crippen molar-refractivity contribution < 1.29 is 14.6 Å². The minimum Gasteiger partial charge on any atom is -0.465 e. The Bertz CT molecular complexity index is 243. The van der Waals surface area contributed by atoms with E-state index >= 15 is 0 Å². The van der Waals surface area contributed by atoms with Crippen molar-refractivity contribution in [2.24, 2.45) is 0 Å². The Kier molecular flexibility index (Phi) is 2.84. The normalized spacial score (nSPS) is 33.9. The van der Waals surface area contributed by atoms with Crippen LogP contribution in [-0.2, 0) is 4.74 Å². The molecule has 2 saturated heterocycles. The lowest BCUT2D eigenvalue weighted by atomic mass is 10.0. The maximum Gasteiger partial charge on any atom is 0.407 e. The number of rotatable bonds is 1. The summed E-state index contributed by atoms with van der Waals surface area (Å²) >= 11 is 0. The van der Waals surface area contributed by atoms with Gasteiger partial charge in [0.1, 0.15) is 0 Å². The molecule has 5 heteroatoms. The van der Waals surface area contributed by atoms with Crippen LogP contribution in [0.25, 0.3) is 0 Å². The molecule has 2 atom stereocenters. The predicted octanol–water partition coefficient (Wildman–Crippen LogP) is 0.458. The molecule has 2 unspecified atom stereocenters. The van der Waals surface area contributed by atoms with Gasteiger partial charge >= 0.3 is 6.09 Å². The highest BCUT2D eigenvalue weighted by molar-refractivity contribution is 5.65. The Hall–Kier alpha value is -0.810. The van der Waals surface area contributed by atoms with E-state index < -0.39 is 6.09 Å². The molecule has 0 aliphatic carbocycles. The number of amides is 1. The SMILES string of the molecule is CC1CN(C(=O)O)CC(C)N1C1COC1. The molecular formula is C10H18N2O3. The highest BCUT2D eigenvalue weighted by atomic mass is 16.5. The summed E-state index contributed by atoms with van der Waals surface area (Å²) in [6.45, 7) is 6.98. The molecule has 1 amide bonds. The van der Waals surface area contributed by atoms with E-state index in [0.717, 1.165) is 13.2 Å². The van der Waals surface area contributed by atoms with Crippen LogP contribution in [0.5, 0.6) is 0 Å². The summed E-state index contributed by atoms with van der Waals surface area (Å²) in [4.78, 5) is 14.8.